The van der Waals surface area contributed by atoms with Gasteiger partial charge in [-0.1, -0.05) is 42.5 Å². The first-order valence-electron chi connectivity index (χ1n) is 5.60. The van der Waals surface area contributed by atoms with Gasteiger partial charge in [-0.25, -0.2) is 0 Å². The van der Waals surface area contributed by atoms with E-state index in [4.69, 9.17) is 0 Å². The number of nitrogens with zero attached hydrogens (tertiary/aromatic N) is 1. The SMILES string of the molecule is CN.O=C(c1ccccc1)c1cccc([N+](=O)[O-])c1. The van der Waals surface area contributed by atoms with Crippen molar-refractivity contribution < 1.29 is 9.72 Å². The molecule has 2 N–H and O–H groups in total. The first-order chi connectivity index (χ1) is 9.18. The molecule has 0 bridgehead atoms. The Morgan fingerprint density at radius 2 is 1.58 bits per heavy atom. The first kappa shape index (κ1) is 14.5. The molecule has 0 aliphatic rings. The molecular weight excluding hydrogens is 244 g/mol. The number of carbonyl (C=O) groups excluding carboxylic acids is 1. The van der Waals surface area contributed by atoms with Gasteiger partial charge in [-0.3, -0.25) is 14.9 Å². The van der Waals surface area contributed by atoms with Crippen molar-refractivity contribution in [1.82, 2.24) is 0 Å². The number of hydrogen-bond donors (Lipinski definition) is 1. The van der Waals surface area contributed by atoms with Crippen LogP contribution in [0.3, 0.4) is 0 Å². The summed E-state index contributed by atoms with van der Waals surface area (Å²) in [6.07, 6.45) is 0. The van der Waals surface area contributed by atoms with Crippen LogP contribution in [0.15, 0.2) is 54.6 Å². The number of non-ortho nitro benzene ring substituents is 1. The van der Waals surface area contributed by atoms with Gasteiger partial charge >= 0.3 is 0 Å². The van der Waals surface area contributed by atoms with Crippen molar-refractivity contribution in [3.63, 3.8) is 0 Å². The van der Waals surface area contributed by atoms with Gasteiger partial charge in [0.25, 0.3) is 5.69 Å². The Morgan fingerprint density at radius 3 is 2.16 bits per heavy atom. The Kier molecular flexibility index (Phi) is 5.37. The molecule has 2 rings (SSSR count). The molecule has 0 aliphatic carbocycles. The maximum absolute atomic E-state index is 12.0. The summed E-state index contributed by atoms with van der Waals surface area (Å²) >= 11 is 0. The van der Waals surface area contributed by atoms with E-state index < -0.39 is 4.92 Å². The number of benzene rings is 2. The lowest BCUT2D eigenvalue weighted by molar-refractivity contribution is -0.384. The fourth-order valence-electron chi connectivity index (χ4n) is 1.52. The summed E-state index contributed by atoms with van der Waals surface area (Å²) < 4.78 is 0. The summed E-state index contributed by atoms with van der Waals surface area (Å²) in [5.74, 6) is -0.214. The molecule has 0 saturated heterocycles. The highest BCUT2D eigenvalue weighted by Crippen LogP contribution is 2.16. The minimum Gasteiger partial charge on any atom is -0.333 e. The quantitative estimate of drug-likeness (QED) is 0.520. The zero-order valence-electron chi connectivity index (χ0n) is 10.4. The van der Waals surface area contributed by atoms with E-state index in [0.29, 0.717) is 11.1 Å². The van der Waals surface area contributed by atoms with E-state index in [1.165, 1.54) is 25.2 Å². The summed E-state index contributed by atoms with van der Waals surface area (Å²) in [6, 6.07) is 14.4. The van der Waals surface area contributed by atoms with Gasteiger partial charge in [-0.15, -0.1) is 0 Å². The number of nitrogens with two attached hydrogens (primary N) is 1. The van der Waals surface area contributed by atoms with Crippen molar-refractivity contribution in [3.05, 3.63) is 75.8 Å². The van der Waals surface area contributed by atoms with Crippen LogP contribution in [0.2, 0.25) is 0 Å². The van der Waals surface area contributed by atoms with Gasteiger partial charge in [0.05, 0.1) is 4.92 Å². The molecule has 2 aromatic rings. The lowest BCUT2D eigenvalue weighted by Crippen LogP contribution is -2.01. The predicted octanol–water partition coefficient (Wildman–Crippen LogP) is 2.40. The molecule has 0 fully saturated rings. The van der Waals surface area contributed by atoms with Crippen molar-refractivity contribution >= 4 is 11.5 Å². The highest BCUT2D eigenvalue weighted by atomic mass is 16.6. The third-order valence-electron chi connectivity index (χ3n) is 2.36. The average molecular weight is 258 g/mol. The van der Waals surface area contributed by atoms with Gasteiger partial charge in [0, 0.05) is 23.3 Å². The van der Waals surface area contributed by atoms with Crippen LogP contribution < -0.4 is 5.73 Å². The molecule has 0 spiro atoms. The molecule has 5 nitrogen and oxygen atoms in total. The van der Waals surface area contributed by atoms with E-state index >= 15 is 0 Å². The van der Waals surface area contributed by atoms with Crippen LogP contribution in [0.1, 0.15) is 15.9 Å². The van der Waals surface area contributed by atoms with Crippen molar-refractivity contribution in [2.75, 3.05) is 7.05 Å². The Balaban J connectivity index is 0.000000861. The van der Waals surface area contributed by atoms with Gasteiger partial charge in [0.1, 0.15) is 0 Å². The predicted molar refractivity (Wildman–Crippen MR) is 73.1 cm³/mol. The molecular formula is C14H14N2O3. The molecule has 0 radical (unpaired) electrons. The van der Waals surface area contributed by atoms with Crippen LogP contribution in [-0.2, 0) is 0 Å². The summed E-state index contributed by atoms with van der Waals surface area (Å²) in [4.78, 5) is 22.1. The monoisotopic (exact) mass is 258 g/mol. The fourth-order valence-corrected chi connectivity index (χ4v) is 1.52. The van der Waals surface area contributed by atoms with E-state index in [0.717, 1.165) is 0 Å². The molecule has 0 amide bonds. The summed E-state index contributed by atoms with van der Waals surface area (Å²) in [6.45, 7) is 0. The topological polar surface area (TPSA) is 86.2 Å². The maximum atomic E-state index is 12.0. The number of nitro groups is 1. The summed E-state index contributed by atoms with van der Waals surface area (Å²) in [7, 11) is 1.50. The molecule has 0 atom stereocenters. The lowest BCUT2D eigenvalue weighted by atomic mass is 10.0. The second-order valence-electron chi connectivity index (χ2n) is 3.50. The number of nitro benzene ring substituents is 1. The van der Waals surface area contributed by atoms with Crippen molar-refractivity contribution in [1.29, 1.82) is 0 Å². The number of hydrogen-bond acceptors (Lipinski definition) is 4. The third kappa shape index (κ3) is 3.72. The molecule has 0 aromatic heterocycles. The molecule has 0 unspecified atom stereocenters. The third-order valence-corrected chi connectivity index (χ3v) is 2.36. The number of rotatable bonds is 3. The number of ketones is 1. The van der Waals surface area contributed by atoms with Crippen LogP contribution in [0, 0.1) is 10.1 Å². The first-order valence-corrected chi connectivity index (χ1v) is 5.60. The summed E-state index contributed by atoms with van der Waals surface area (Å²) in [5.41, 5.74) is 5.27. The van der Waals surface area contributed by atoms with E-state index in [1.54, 1.807) is 30.3 Å². The Hall–Kier alpha value is -2.53. The molecule has 0 heterocycles. The van der Waals surface area contributed by atoms with Crippen LogP contribution in [-0.4, -0.2) is 17.8 Å². The zero-order valence-corrected chi connectivity index (χ0v) is 10.4. The fraction of sp³-hybridized carbons (Fsp3) is 0.0714. The van der Waals surface area contributed by atoms with Crippen molar-refractivity contribution in [2.24, 2.45) is 5.73 Å². The molecule has 2 aromatic carbocycles. The molecule has 0 saturated carbocycles. The van der Waals surface area contributed by atoms with Gasteiger partial charge in [-0.2, -0.15) is 0 Å². The second kappa shape index (κ2) is 7.03. The van der Waals surface area contributed by atoms with Gasteiger partial charge in [-0.05, 0) is 7.05 Å². The van der Waals surface area contributed by atoms with Crippen LogP contribution in [0.5, 0.6) is 0 Å². The highest BCUT2D eigenvalue weighted by Gasteiger charge is 2.12. The minimum atomic E-state index is -0.512. The van der Waals surface area contributed by atoms with Gasteiger partial charge in [0.2, 0.25) is 0 Å². The van der Waals surface area contributed by atoms with E-state index in [-0.39, 0.29) is 11.5 Å². The molecule has 98 valence electrons. The lowest BCUT2D eigenvalue weighted by Gasteiger charge is -2.00. The normalized spacial score (nSPS) is 9.16. The average Bonchev–Trinajstić information content (AvgIpc) is 2.49. The van der Waals surface area contributed by atoms with Crippen LogP contribution >= 0.6 is 0 Å². The van der Waals surface area contributed by atoms with E-state index in [1.807, 2.05) is 6.07 Å². The smallest absolute Gasteiger partial charge is 0.270 e. The maximum Gasteiger partial charge on any atom is 0.270 e. The van der Waals surface area contributed by atoms with Gasteiger partial charge < -0.3 is 5.73 Å². The molecule has 0 aliphatic heterocycles. The minimum absolute atomic E-state index is 0.0771. The Morgan fingerprint density at radius 1 is 1.00 bits per heavy atom. The summed E-state index contributed by atoms with van der Waals surface area (Å²) in [5, 5.41) is 10.6. The largest absolute Gasteiger partial charge is 0.333 e. The Labute approximate surface area is 110 Å². The second-order valence-corrected chi connectivity index (χ2v) is 3.50. The van der Waals surface area contributed by atoms with Crippen molar-refractivity contribution in [2.45, 2.75) is 0 Å². The Bertz CT molecular complexity index is 568. The van der Waals surface area contributed by atoms with Crippen molar-refractivity contribution in [3.8, 4) is 0 Å². The standard InChI is InChI=1S/C13H9NO3.CH5N/c15-13(10-5-2-1-3-6-10)11-7-4-8-12(9-11)14(16)17;1-2/h1-9H;2H2,1H3. The van der Waals surface area contributed by atoms with Crippen LogP contribution in [0.4, 0.5) is 5.69 Å². The van der Waals surface area contributed by atoms with Crippen LogP contribution in [0.25, 0.3) is 0 Å². The molecule has 5 heteroatoms. The van der Waals surface area contributed by atoms with E-state index in [9.17, 15) is 14.9 Å². The number of carbonyl (C=O) groups is 1. The zero-order chi connectivity index (χ0) is 14.3. The van der Waals surface area contributed by atoms with Gasteiger partial charge in [0.15, 0.2) is 5.78 Å². The highest BCUT2D eigenvalue weighted by molar-refractivity contribution is 6.09. The molecule has 19 heavy (non-hydrogen) atoms. The van der Waals surface area contributed by atoms with E-state index in [2.05, 4.69) is 5.73 Å².